The minimum atomic E-state index is -0.769. The molecule has 1 aromatic rings. The fraction of sp³-hybridized carbons (Fsp3) is 0.667. The van der Waals surface area contributed by atoms with Gasteiger partial charge in [0.15, 0.2) is 0 Å². The summed E-state index contributed by atoms with van der Waals surface area (Å²) in [4.78, 5) is 17.7. The van der Waals surface area contributed by atoms with Crippen molar-refractivity contribution in [3.05, 3.63) is 29.3 Å². The molecular formula is C21H31ClN4O2. The Morgan fingerprint density at radius 2 is 1.93 bits per heavy atom. The van der Waals surface area contributed by atoms with Crippen LogP contribution in [-0.4, -0.2) is 79.4 Å². The third-order valence-electron chi connectivity index (χ3n) is 6.88. The number of nitrogens with zero attached hydrogens (tertiary/aromatic N) is 3. The van der Waals surface area contributed by atoms with Gasteiger partial charge >= 0.3 is 6.09 Å². The first-order chi connectivity index (χ1) is 13.5. The molecule has 0 aliphatic carbocycles. The van der Waals surface area contributed by atoms with E-state index in [4.69, 9.17) is 16.7 Å². The minimum absolute atomic E-state index is 0.321. The zero-order valence-corrected chi connectivity index (χ0v) is 17.2. The summed E-state index contributed by atoms with van der Waals surface area (Å²) in [6, 6.07) is 8.71. The Morgan fingerprint density at radius 3 is 2.61 bits per heavy atom. The van der Waals surface area contributed by atoms with Crippen molar-refractivity contribution in [3.8, 4) is 0 Å². The molecule has 154 valence electrons. The molecule has 3 saturated heterocycles. The fourth-order valence-electron chi connectivity index (χ4n) is 5.03. The molecule has 28 heavy (non-hydrogen) atoms. The van der Waals surface area contributed by atoms with E-state index in [9.17, 15) is 4.79 Å². The molecule has 1 amide bonds. The lowest BCUT2D eigenvalue weighted by molar-refractivity contribution is 0.0964. The average Bonchev–Trinajstić information content (AvgIpc) is 3.09. The van der Waals surface area contributed by atoms with E-state index >= 15 is 0 Å². The van der Waals surface area contributed by atoms with Gasteiger partial charge in [0.25, 0.3) is 0 Å². The molecule has 0 saturated carbocycles. The van der Waals surface area contributed by atoms with Crippen molar-refractivity contribution in [2.24, 2.45) is 5.41 Å². The molecule has 0 unspecified atom stereocenters. The van der Waals surface area contributed by atoms with Crippen LogP contribution in [0.1, 0.15) is 25.7 Å². The van der Waals surface area contributed by atoms with Crippen molar-refractivity contribution in [1.29, 1.82) is 0 Å². The monoisotopic (exact) mass is 406 g/mol. The van der Waals surface area contributed by atoms with E-state index in [1.807, 2.05) is 12.1 Å². The molecule has 4 rings (SSSR count). The molecule has 1 atom stereocenters. The molecule has 3 fully saturated rings. The predicted octanol–water partition coefficient (Wildman–Crippen LogP) is 2.97. The van der Waals surface area contributed by atoms with Gasteiger partial charge in [-0.2, -0.15) is 0 Å². The number of hydrogen-bond acceptors (Lipinski definition) is 4. The van der Waals surface area contributed by atoms with Gasteiger partial charge in [-0.3, -0.25) is 4.90 Å². The van der Waals surface area contributed by atoms with Gasteiger partial charge < -0.3 is 20.2 Å². The molecule has 0 aromatic heterocycles. The molecule has 3 heterocycles. The van der Waals surface area contributed by atoms with Gasteiger partial charge in [-0.05, 0) is 55.8 Å². The number of amides is 1. The van der Waals surface area contributed by atoms with Gasteiger partial charge in [0, 0.05) is 62.6 Å². The highest BCUT2D eigenvalue weighted by molar-refractivity contribution is 6.30. The first-order valence-electron chi connectivity index (χ1n) is 10.5. The quantitative estimate of drug-likeness (QED) is 0.805. The van der Waals surface area contributed by atoms with Crippen LogP contribution in [0.2, 0.25) is 5.02 Å². The van der Waals surface area contributed by atoms with Crippen LogP contribution in [0.15, 0.2) is 24.3 Å². The number of piperazine rings is 1. The highest BCUT2D eigenvalue weighted by Crippen LogP contribution is 2.40. The zero-order chi connectivity index (χ0) is 19.6. The van der Waals surface area contributed by atoms with Gasteiger partial charge in [0.1, 0.15) is 0 Å². The number of rotatable bonds is 4. The van der Waals surface area contributed by atoms with E-state index in [2.05, 4.69) is 27.2 Å². The maximum atomic E-state index is 11.1. The molecule has 1 aromatic carbocycles. The van der Waals surface area contributed by atoms with Crippen LogP contribution in [-0.2, 0) is 0 Å². The van der Waals surface area contributed by atoms with Gasteiger partial charge in [0.05, 0.1) is 0 Å². The van der Waals surface area contributed by atoms with Crippen LogP contribution in [0.3, 0.4) is 0 Å². The first kappa shape index (κ1) is 19.8. The van der Waals surface area contributed by atoms with Crippen molar-refractivity contribution < 1.29 is 9.90 Å². The summed E-state index contributed by atoms with van der Waals surface area (Å²) in [5.74, 6) is 0. The number of carbonyl (C=O) groups is 1. The number of halogens is 1. The number of anilines is 1. The van der Waals surface area contributed by atoms with Crippen molar-refractivity contribution in [2.75, 3.05) is 57.3 Å². The number of likely N-dealkylation sites (tertiary alicyclic amines) is 1. The third-order valence-corrected chi connectivity index (χ3v) is 7.11. The third kappa shape index (κ3) is 4.56. The Morgan fingerprint density at radius 1 is 1.18 bits per heavy atom. The summed E-state index contributed by atoms with van der Waals surface area (Å²) in [6.45, 7) is 7.85. The summed E-state index contributed by atoms with van der Waals surface area (Å²) < 4.78 is 0. The van der Waals surface area contributed by atoms with Gasteiger partial charge in [-0.15, -0.1) is 0 Å². The van der Waals surface area contributed by atoms with Crippen LogP contribution in [0.5, 0.6) is 0 Å². The van der Waals surface area contributed by atoms with E-state index in [1.54, 1.807) is 4.90 Å². The lowest BCUT2D eigenvalue weighted by atomic mass is 9.76. The summed E-state index contributed by atoms with van der Waals surface area (Å²) in [7, 11) is 0. The maximum Gasteiger partial charge on any atom is 0.407 e. The van der Waals surface area contributed by atoms with Crippen LogP contribution in [0.4, 0.5) is 10.5 Å². The molecule has 1 spiro atoms. The summed E-state index contributed by atoms with van der Waals surface area (Å²) in [5.41, 5.74) is 1.54. The molecule has 3 aliphatic rings. The zero-order valence-electron chi connectivity index (χ0n) is 16.4. The number of piperidine rings is 1. The second-order valence-electron chi connectivity index (χ2n) is 8.65. The molecule has 3 aliphatic heterocycles. The first-order valence-corrected chi connectivity index (χ1v) is 10.8. The van der Waals surface area contributed by atoms with Crippen LogP contribution < -0.4 is 10.2 Å². The standard InChI is InChI=1S/C21H31ClN4O2/c22-17-2-1-3-19(14-17)25-12-10-24(11-13-25)7-4-18-15-21(16-23-18)5-8-26(9-6-21)20(27)28/h1-3,14,18,23H,4-13,15-16H2,(H,27,28)/t18-/m0/s1. The highest BCUT2D eigenvalue weighted by atomic mass is 35.5. The van der Waals surface area contributed by atoms with Crippen LogP contribution in [0.25, 0.3) is 0 Å². The van der Waals surface area contributed by atoms with Gasteiger partial charge in [-0.1, -0.05) is 17.7 Å². The van der Waals surface area contributed by atoms with Crippen LogP contribution in [0, 0.1) is 5.41 Å². The Balaban J connectivity index is 1.19. The molecule has 7 heteroatoms. The van der Waals surface area contributed by atoms with E-state index in [0.717, 1.165) is 57.1 Å². The topological polar surface area (TPSA) is 59.1 Å². The normalized spacial score (nSPS) is 25.4. The Bertz CT molecular complexity index is 685. The van der Waals surface area contributed by atoms with Crippen molar-refractivity contribution in [2.45, 2.75) is 31.7 Å². The van der Waals surface area contributed by atoms with Crippen molar-refractivity contribution in [1.82, 2.24) is 15.1 Å². The number of nitrogens with one attached hydrogen (secondary N) is 1. The smallest absolute Gasteiger partial charge is 0.407 e. The Kier molecular flexibility index (Phi) is 5.99. The second kappa shape index (κ2) is 8.47. The van der Waals surface area contributed by atoms with E-state index in [1.165, 1.54) is 18.5 Å². The van der Waals surface area contributed by atoms with Crippen molar-refractivity contribution in [3.63, 3.8) is 0 Å². The summed E-state index contributed by atoms with van der Waals surface area (Å²) in [6.07, 6.45) is 3.61. The summed E-state index contributed by atoms with van der Waals surface area (Å²) in [5, 5.41) is 13.7. The molecule has 0 radical (unpaired) electrons. The predicted molar refractivity (Wildman–Crippen MR) is 112 cm³/mol. The lowest BCUT2D eigenvalue weighted by Gasteiger charge is -2.38. The largest absolute Gasteiger partial charge is 0.465 e. The Hall–Kier alpha value is -1.50. The maximum absolute atomic E-state index is 11.1. The number of hydrogen-bond donors (Lipinski definition) is 2. The Labute approximate surface area is 172 Å². The number of carboxylic acid groups (broad SMARTS) is 1. The van der Waals surface area contributed by atoms with E-state index in [0.29, 0.717) is 24.5 Å². The van der Waals surface area contributed by atoms with Gasteiger partial charge in [-0.25, -0.2) is 4.79 Å². The van der Waals surface area contributed by atoms with E-state index in [-0.39, 0.29) is 0 Å². The summed E-state index contributed by atoms with van der Waals surface area (Å²) >= 11 is 6.12. The highest BCUT2D eigenvalue weighted by Gasteiger charge is 2.41. The van der Waals surface area contributed by atoms with Gasteiger partial charge in [0.2, 0.25) is 0 Å². The molecule has 0 bridgehead atoms. The molecule has 6 nitrogen and oxygen atoms in total. The van der Waals surface area contributed by atoms with E-state index < -0.39 is 6.09 Å². The van der Waals surface area contributed by atoms with Crippen molar-refractivity contribution >= 4 is 23.4 Å². The van der Waals surface area contributed by atoms with Crippen LogP contribution >= 0.6 is 11.6 Å². The second-order valence-corrected chi connectivity index (χ2v) is 9.09. The number of benzene rings is 1. The minimum Gasteiger partial charge on any atom is -0.465 e. The average molecular weight is 407 g/mol. The molecular weight excluding hydrogens is 376 g/mol. The SMILES string of the molecule is O=C(O)N1CCC2(CC1)CN[C@@H](CCN1CCN(c3cccc(Cl)c3)CC1)C2. The fourth-order valence-corrected chi connectivity index (χ4v) is 5.21. The lowest BCUT2D eigenvalue weighted by Crippen LogP contribution is -2.47. The molecule has 2 N–H and O–H groups in total.